The molecule has 0 saturated carbocycles. The van der Waals surface area contributed by atoms with Crippen LogP contribution in [0.1, 0.15) is 40.3 Å². The molecule has 174 valence electrons. The van der Waals surface area contributed by atoms with E-state index in [1.54, 1.807) is 18.2 Å². The molecule has 0 radical (unpaired) electrons. The highest BCUT2D eigenvalue weighted by atomic mass is 19.1. The third-order valence-electron chi connectivity index (χ3n) is 6.10. The maximum Gasteiger partial charge on any atom is 0.337 e. The Balaban J connectivity index is 1.21. The monoisotopic (exact) mass is 462 g/mol. The van der Waals surface area contributed by atoms with Crippen LogP contribution in [0, 0.1) is 5.82 Å². The summed E-state index contributed by atoms with van der Waals surface area (Å²) in [5.41, 5.74) is 4.24. The number of esters is 1. The molecule has 0 aliphatic carbocycles. The lowest BCUT2D eigenvalue weighted by molar-refractivity contribution is -0.132. The quantitative estimate of drug-likeness (QED) is 0.434. The summed E-state index contributed by atoms with van der Waals surface area (Å²) in [6.45, 7) is 1.13. The lowest BCUT2D eigenvalue weighted by Crippen LogP contribution is -2.35. The summed E-state index contributed by atoms with van der Waals surface area (Å²) in [6.07, 6.45) is 2.15. The highest BCUT2D eigenvalue weighted by Crippen LogP contribution is 2.29. The van der Waals surface area contributed by atoms with E-state index in [-0.39, 0.29) is 17.7 Å². The average Bonchev–Trinajstić information content (AvgIpc) is 3.47. The predicted octanol–water partition coefficient (Wildman–Crippen LogP) is 4.05. The Bertz CT molecular complexity index is 1360. The number of methoxy groups -OCH3 is 1. The van der Waals surface area contributed by atoms with Crippen molar-refractivity contribution in [2.24, 2.45) is 0 Å². The molecule has 8 nitrogen and oxygen atoms in total. The van der Waals surface area contributed by atoms with Gasteiger partial charge in [0.05, 0.1) is 12.7 Å². The summed E-state index contributed by atoms with van der Waals surface area (Å²) >= 11 is 0. The first kappa shape index (κ1) is 21.8. The number of halogens is 1. The molecule has 0 spiro atoms. The van der Waals surface area contributed by atoms with E-state index in [1.165, 1.54) is 19.2 Å². The molecule has 3 heterocycles. The predicted molar refractivity (Wildman–Crippen MR) is 121 cm³/mol. The van der Waals surface area contributed by atoms with E-state index >= 15 is 0 Å². The first-order valence-corrected chi connectivity index (χ1v) is 11.1. The summed E-state index contributed by atoms with van der Waals surface area (Å²) < 4.78 is 23.2. The minimum Gasteiger partial charge on any atom is -0.465 e. The van der Waals surface area contributed by atoms with Gasteiger partial charge >= 0.3 is 5.97 Å². The minimum absolute atomic E-state index is 0.0578. The number of ether oxygens (including phenoxy) is 1. The fraction of sp³-hybridized carbons (Fsp3) is 0.280. The summed E-state index contributed by atoms with van der Waals surface area (Å²) in [7, 11) is 1.36. The molecule has 34 heavy (non-hydrogen) atoms. The molecule has 9 heteroatoms. The smallest absolute Gasteiger partial charge is 0.337 e. The van der Waals surface area contributed by atoms with E-state index < -0.39 is 0 Å². The average molecular weight is 462 g/mol. The van der Waals surface area contributed by atoms with Crippen molar-refractivity contribution in [3.05, 3.63) is 71.0 Å². The van der Waals surface area contributed by atoms with Crippen LogP contribution < -0.4 is 0 Å². The van der Waals surface area contributed by atoms with Crippen molar-refractivity contribution < 1.29 is 23.2 Å². The zero-order chi connectivity index (χ0) is 23.7. The Kier molecular flexibility index (Phi) is 5.83. The van der Waals surface area contributed by atoms with Crippen LogP contribution in [0.5, 0.6) is 0 Å². The number of amides is 1. The number of nitrogens with zero attached hydrogens (tertiary/aromatic N) is 3. The molecule has 5 rings (SSSR count). The van der Waals surface area contributed by atoms with Crippen molar-refractivity contribution in [3.63, 3.8) is 0 Å². The Hall–Kier alpha value is -4.01. The molecule has 1 aliphatic rings. The highest BCUT2D eigenvalue weighted by Gasteiger charge is 2.24. The minimum atomic E-state index is -0.385. The number of aromatic amines is 1. The van der Waals surface area contributed by atoms with E-state index in [0.717, 1.165) is 28.6 Å². The third-order valence-corrected chi connectivity index (χ3v) is 6.10. The number of carbonyl (C=O) groups is 2. The summed E-state index contributed by atoms with van der Waals surface area (Å²) in [6, 6.07) is 11.3. The van der Waals surface area contributed by atoms with Crippen LogP contribution in [0.4, 0.5) is 4.39 Å². The molecule has 1 N–H and O–H groups in total. The number of fused-ring (bicyclic) bond motifs is 3. The number of aromatic nitrogens is 3. The van der Waals surface area contributed by atoms with Gasteiger partial charge in [-0.3, -0.25) is 4.79 Å². The van der Waals surface area contributed by atoms with Crippen LogP contribution in [-0.2, 0) is 28.9 Å². The van der Waals surface area contributed by atoms with Gasteiger partial charge in [-0.05, 0) is 48.9 Å². The maximum absolute atomic E-state index is 13.1. The first-order chi connectivity index (χ1) is 16.5. The molecular weight excluding hydrogens is 439 g/mol. The lowest BCUT2D eigenvalue weighted by Gasteiger charge is -2.27. The van der Waals surface area contributed by atoms with Crippen molar-refractivity contribution >= 4 is 22.8 Å². The van der Waals surface area contributed by atoms with E-state index in [0.29, 0.717) is 55.2 Å². The normalized spacial score (nSPS) is 13.2. The fourth-order valence-corrected chi connectivity index (χ4v) is 4.29. The molecule has 2 aromatic heterocycles. The van der Waals surface area contributed by atoms with Crippen LogP contribution in [0.25, 0.3) is 22.3 Å². The van der Waals surface area contributed by atoms with Crippen LogP contribution in [0.15, 0.2) is 47.0 Å². The highest BCUT2D eigenvalue weighted by molar-refractivity contribution is 5.96. The van der Waals surface area contributed by atoms with Crippen molar-refractivity contribution in [1.29, 1.82) is 0 Å². The topological polar surface area (TPSA) is 101 Å². The van der Waals surface area contributed by atoms with Crippen molar-refractivity contribution in [2.45, 2.75) is 32.2 Å². The number of hydrogen-bond acceptors (Lipinski definition) is 6. The second kappa shape index (κ2) is 9.09. The largest absolute Gasteiger partial charge is 0.465 e. The van der Waals surface area contributed by atoms with Gasteiger partial charge < -0.3 is 19.1 Å². The van der Waals surface area contributed by atoms with Gasteiger partial charge in [0, 0.05) is 60.1 Å². The Morgan fingerprint density at radius 3 is 2.82 bits per heavy atom. The fourth-order valence-electron chi connectivity index (χ4n) is 4.29. The van der Waals surface area contributed by atoms with E-state index in [9.17, 15) is 14.0 Å². The van der Waals surface area contributed by atoms with Crippen LogP contribution in [0.2, 0.25) is 0 Å². The second-order valence-electron chi connectivity index (χ2n) is 8.27. The lowest BCUT2D eigenvalue weighted by atomic mass is 10.0. The summed E-state index contributed by atoms with van der Waals surface area (Å²) in [5.74, 6) is 0.189. The Labute approximate surface area is 194 Å². The van der Waals surface area contributed by atoms with Gasteiger partial charge in [0.25, 0.3) is 0 Å². The van der Waals surface area contributed by atoms with Gasteiger partial charge in [-0.15, -0.1) is 0 Å². The molecule has 1 aliphatic heterocycles. The zero-order valence-corrected chi connectivity index (χ0v) is 18.6. The van der Waals surface area contributed by atoms with Gasteiger partial charge in [0.15, 0.2) is 0 Å². The van der Waals surface area contributed by atoms with Crippen molar-refractivity contribution in [3.8, 4) is 11.4 Å². The summed E-state index contributed by atoms with van der Waals surface area (Å²) in [5, 5.41) is 4.88. The molecule has 0 unspecified atom stereocenters. The van der Waals surface area contributed by atoms with Crippen LogP contribution >= 0.6 is 0 Å². The number of aryl methyl sites for hydroxylation is 1. The molecule has 2 aromatic carbocycles. The summed E-state index contributed by atoms with van der Waals surface area (Å²) in [4.78, 5) is 34.4. The molecule has 0 bridgehead atoms. The van der Waals surface area contributed by atoms with Gasteiger partial charge in [-0.25, -0.2) is 9.18 Å². The molecule has 0 saturated heterocycles. The number of nitrogens with one attached hydrogen (secondary N) is 1. The van der Waals surface area contributed by atoms with Gasteiger partial charge in [0.2, 0.25) is 17.6 Å². The standard InChI is InChI=1S/C25H23FN4O4/c1-33-25(32)16-7-10-20-18(13-16)19-14-30(12-11-21(19)27-20)23(31)4-2-3-22-28-24(29-34-22)15-5-8-17(26)9-6-15/h5-10,13,27H,2-4,11-12,14H2,1H3. The second-order valence-corrected chi connectivity index (χ2v) is 8.27. The van der Waals surface area contributed by atoms with Crippen LogP contribution in [0.3, 0.4) is 0 Å². The number of carbonyl (C=O) groups excluding carboxylic acids is 2. The van der Waals surface area contributed by atoms with E-state index in [1.807, 2.05) is 17.0 Å². The third kappa shape index (κ3) is 4.28. The van der Waals surface area contributed by atoms with Crippen molar-refractivity contribution in [1.82, 2.24) is 20.0 Å². The van der Waals surface area contributed by atoms with Gasteiger partial charge in [-0.1, -0.05) is 5.16 Å². The van der Waals surface area contributed by atoms with Crippen LogP contribution in [-0.4, -0.2) is 45.6 Å². The number of rotatable bonds is 6. The van der Waals surface area contributed by atoms with Gasteiger partial charge in [0.1, 0.15) is 5.82 Å². The molecule has 4 aromatic rings. The molecular formula is C25H23FN4O4. The maximum atomic E-state index is 13.1. The molecule has 0 atom stereocenters. The number of H-pyrrole nitrogens is 1. The van der Waals surface area contributed by atoms with E-state index in [4.69, 9.17) is 9.26 Å². The molecule has 0 fully saturated rings. The molecule has 1 amide bonds. The Morgan fingerprint density at radius 1 is 1.21 bits per heavy atom. The van der Waals surface area contributed by atoms with Crippen molar-refractivity contribution in [2.75, 3.05) is 13.7 Å². The SMILES string of the molecule is COC(=O)c1ccc2[nH]c3c(c2c1)CN(C(=O)CCCc1nc(-c2ccc(F)cc2)no1)CC3. The Morgan fingerprint density at radius 2 is 2.03 bits per heavy atom. The van der Waals surface area contributed by atoms with Gasteiger partial charge in [-0.2, -0.15) is 4.98 Å². The zero-order valence-electron chi connectivity index (χ0n) is 18.6. The van der Waals surface area contributed by atoms with E-state index in [2.05, 4.69) is 15.1 Å². The first-order valence-electron chi connectivity index (χ1n) is 11.1. The number of benzene rings is 2. The number of hydrogen-bond donors (Lipinski definition) is 1.